The van der Waals surface area contributed by atoms with Crippen molar-refractivity contribution in [3.8, 4) is 11.1 Å². The van der Waals surface area contributed by atoms with E-state index in [1.165, 1.54) is 0 Å². The molecule has 14 nitrogen and oxygen atoms in total. The van der Waals surface area contributed by atoms with Gasteiger partial charge in [0.25, 0.3) is 0 Å². The smallest absolute Gasteiger partial charge is 0.414 e. The van der Waals surface area contributed by atoms with Crippen molar-refractivity contribution < 1.29 is 38.6 Å². The summed E-state index contributed by atoms with van der Waals surface area (Å²) in [7, 11) is 0. The minimum Gasteiger partial charge on any atom is -0.481 e. The van der Waals surface area contributed by atoms with Gasteiger partial charge in [0.2, 0.25) is 17.8 Å². The van der Waals surface area contributed by atoms with E-state index in [4.69, 9.17) is 32.7 Å². The Morgan fingerprint density at radius 3 is 2.02 bits per heavy atom. The summed E-state index contributed by atoms with van der Waals surface area (Å²) in [5.41, 5.74) is 2.21. The Kier molecular flexibility index (Phi) is 14.1. The molecule has 1 aliphatic heterocycles. The van der Waals surface area contributed by atoms with E-state index in [0.717, 1.165) is 29.7 Å². The quantitative estimate of drug-likeness (QED) is 0.0797. The van der Waals surface area contributed by atoms with E-state index in [9.17, 15) is 29.1 Å². The fourth-order valence-corrected chi connectivity index (χ4v) is 6.07. The molecule has 3 aromatic rings. The fourth-order valence-electron chi connectivity index (χ4n) is 5.49. The van der Waals surface area contributed by atoms with Gasteiger partial charge in [0, 0.05) is 31.7 Å². The summed E-state index contributed by atoms with van der Waals surface area (Å²) in [6.07, 6.45) is -0.0759. The van der Waals surface area contributed by atoms with Crippen LogP contribution in [-0.4, -0.2) is 71.9 Å². The molecule has 1 aliphatic rings. The maximum atomic E-state index is 13.1. The van der Waals surface area contributed by atoms with E-state index in [1.54, 1.807) is 65.8 Å². The number of carboxylic acids is 1. The van der Waals surface area contributed by atoms with Crippen molar-refractivity contribution in [2.45, 2.75) is 72.0 Å². The molecular weight excluding hydrogens is 751 g/mol. The average Bonchev–Trinajstić information content (AvgIpc) is 3.07. The van der Waals surface area contributed by atoms with Crippen molar-refractivity contribution in [2.75, 3.05) is 29.9 Å². The van der Waals surface area contributed by atoms with Gasteiger partial charge in [-0.3, -0.25) is 25.0 Å². The molecule has 1 atom stereocenters. The summed E-state index contributed by atoms with van der Waals surface area (Å²) in [4.78, 5) is 69.7. The highest BCUT2D eigenvalue weighted by atomic mass is 35.5. The third-order valence-electron chi connectivity index (χ3n) is 7.89. The number of anilines is 2. The van der Waals surface area contributed by atoms with Gasteiger partial charge in [-0.05, 0) is 95.3 Å². The number of hydrogen-bond acceptors (Lipinski definition) is 9. The largest absolute Gasteiger partial charge is 0.481 e. The number of carbonyl (C=O) groups is 5. The van der Waals surface area contributed by atoms with Crippen molar-refractivity contribution >= 4 is 76.2 Å². The van der Waals surface area contributed by atoms with Crippen LogP contribution in [0, 0.1) is 5.92 Å². The first-order valence-electron chi connectivity index (χ1n) is 17.6. The number of halogens is 2. The topological polar surface area (TPSA) is 188 Å². The Hall–Kier alpha value is -5.34. The lowest BCUT2D eigenvalue weighted by atomic mass is 10.0. The Bertz CT molecular complexity index is 1890. The molecule has 0 spiro atoms. The second kappa shape index (κ2) is 18.3. The molecule has 0 aromatic heterocycles. The Balaban J connectivity index is 1.41. The first-order valence-corrected chi connectivity index (χ1v) is 18.3. The minimum atomic E-state index is -1.63. The zero-order valence-electron chi connectivity index (χ0n) is 31.5. The van der Waals surface area contributed by atoms with Crippen LogP contribution in [0.4, 0.5) is 26.7 Å². The Morgan fingerprint density at radius 2 is 1.45 bits per heavy atom. The molecule has 0 radical (unpaired) electrons. The van der Waals surface area contributed by atoms with E-state index >= 15 is 0 Å². The SMILES string of the molecule is CC(C)(C)OC(=O)NC(=Nc1ccc2c(c1)N(CCC(=O)NC[C@H](C(=O)O)C(=O)Nc1c(Cl)cc(-c3ccccc3)cc1Cl)CCC2)NC(=O)OC(C)(C)C. The van der Waals surface area contributed by atoms with Crippen LogP contribution in [0.2, 0.25) is 10.0 Å². The number of hydrogen-bond donors (Lipinski definition) is 5. The lowest BCUT2D eigenvalue weighted by Crippen LogP contribution is -2.47. The predicted octanol–water partition coefficient (Wildman–Crippen LogP) is 7.30. The molecule has 3 aromatic carbocycles. The van der Waals surface area contributed by atoms with Crippen molar-refractivity contribution in [1.82, 2.24) is 16.0 Å². The number of aryl methyl sites for hydroxylation is 1. The van der Waals surface area contributed by atoms with Crippen molar-refractivity contribution in [3.05, 3.63) is 76.3 Å². The van der Waals surface area contributed by atoms with Gasteiger partial charge in [0.1, 0.15) is 11.2 Å². The highest BCUT2D eigenvalue weighted by molar-refractivity contribution is 6.40. The number of benzene rings is 3. The minimum absolute atomic E-state index is 0.00878. The maximum absolute atomic E-state index is 13.1. The first kappa shape index (κ1) is 42.4. The van der Waals surface area contributed by atoms with Crippen LogP contribution in [0.15, 0.2) is 65.7 Å². The standard InChI is InChI=1S/C39H46Cl2N6O8/c1-38(2,3)54-36(52)45-35(46-37(53)55-39(4,5)6)43-26-15-14-24-13-10-17-47(30(24)21-26)18-16-31(48)42-22-27(34(50)51)33(49)44-32-28(40)19-25(20-29(32)41)23-11-8-7-9-12-23/h7-9,11-12,14-15,19-21,27H,10,13,16-18,22H2,1-6H3,(H,42,48)(H,44,49)(H,50,51)(H2,43,45,46,52,53)/t27-/m0/s1. The predicted molar refractivity (Wildman–Crippen MR) is 212 cm³/mol. The normalized spacial score (nSPS) is 13.1. The molecule has 294 valence electrons. The third kappa shape index (κ3) is 13.2. The number of fused-ring (bicyclic) bond motifs is 1. The number of aliphatic imine (C=N–C) groups is 1. The first-order chi connectivity index (χ1) is 25.8. The van der Waals surface area contributed by atoms with Gasteiger partial charge in [-0.25, -0.2) is 14.6 Å². The number of carbonyl (C=O) groups excluding carboxylic acids is 4. The zero-order valence-corrected chi connectivity index (χ0v) is 33.1. The number of aliphatic carboxylic acids is 1. The molecule has 0 fully saturated rings. The lowest BCUT2D eigenvalue weighted by molar-refractivity contribution is -0.145. The highest BCUT2D eigenvalue weighted by Gasteiger charge is 2.29. The molecule has 5 N–H and O–H groups in total. The maximum Gasteiger partial charge on any atom is 0.414 e. The molecule has 55 heavy (non-hydrogen) atoms. The molecule has 1 heterocycles. The van der Waals surface area contributed by atoms with Crippen molar-refractivity contribution in [3.63, 3.8) is 0 Å². The summed E-state index contributed by atoms with van der Waals surface area (Å²) in [6.45, 7) is 10.6. The second-order valence-corrected chi connectivity index (χ2v) is 15.5. The van der Waals surface area contributed by atoms with Gasteiger partial charge in [0.15, 0.2) is 5.92 Å². The van der Waals surface area contributed by atoms with Crippen LogP contribution in [-0.2, 0) is 30.3 Å². The number of alkyl carbamates (subject to hydrolysis) is 2. The van der Waals surface area contributed by atoms with E-state index in [2.05, 4.69) is 26.3 Å². The number of ether oxygens (including phenoxy) is 2. The molecule has 4 amide bonds. The molecule has 0 bridgehead atoms. The lowest BCUT2D eigenvalue weighted by Gasteiger charge is -2.31. The van der Waals surface area contributed by atoms with Crippen LogP contribution in [0.5, 0.6) is 0 Å². The van der Waals surface area contributed by atoms with E-state index < -0.39 is 53.6 Å². The summed E-state index contributed by atoms with van der Waals surface area (Å²) in [5, 5.41) is 20.1. The Labute approximate surface area is 329 Å². The molecule has 4 rings (SSSR count). The van der Waals surface area contributed by atoms with Gasteiger partial charge >= 0.3 is 18.2 Å². The molecular formula is C39H46Cl2N6O8. The van der Waals surface area contributed by atoms with E-state index in [1.807, 2.05) is 41.3 Å². The summed E-state index contributed by atoms with van der Waals surface area (Å²) in [5.74, 6) is -4.64. The van der Waals surface area contributed by atoms with Crippen LogP contribution >= 0.6 is 23.2 Å². The monoisotopic (exact) mass is 796 g/mol. The number of nitrogens with one attached hydrogen (secondary N) is 4. The summed E-state index contributed by atoms with van der Waals surface area (Å²) < 4.78 is 10.7. The van der Waals surface area contributed by atoms with Gasteiger partial charge in [-0.1, -0.05) is 59.6 Å². The van der Waals surface area contributed by atoms with Crippen LogP contribution in [0.25, 0.3) is 11.1 Å². The second-order valence-electron chi connectivity index (χ2n) is 14.7. The van der Waals surface area contributed by atoms with Crippen LogP contribution < -0.4 is 26.2 Å². The number of nitrogens with zero attached hydrogens (tertiary/aromatic N) is 2. The average molecular weight is 798 g/mol. The van der Waals surface area contributed by atoms with Gasteiger partial charge in [0.05, 0.1) is 21.4 Å². The third-order valence-corrected chi connectivity index (χ3v) is 8.48. The number of carboxylic acid groups (broad SMARTS) is 1. The highest BCUT2D eigenvalue weighted by Crippen LogP contribution is 2.36. The van der Waals surface area contributed by atoms with Crippen LogP contribution in [0.1, 0.15) is 59.9 Å². The zero-order chi connectivity index (χ0) is 40.5. The fraction of sp³-hybridized carbons (Fsp3) is 0.385. The summed E-state index contributed by atoms with van der Waals surface area (Å²) in [6, 6.07) is 17.9. The molecule has 0 aliphatic carbocycles. The number of amides is 4. The van der Waals surface area contributed by atoms with Crippen molar-refractivity contribution in [1.29, 1.82) is 0 Å². The van der Waals surface area contributed by atoms with Gasteiger partial charge < -0.3 is 30.1 Å². The molecule has 0 saturated heterocycles. The van der Waals surface area contributed by atoms with Crippen LogP contribution in [0.3, 0.4) is 0 Å². The number of guanidine groups is 1. The van der Waals surface area contributed by atoms with E-state index in [-0.39, 0.29) is 34.7 Å². The molecule has 0 saturated carbocycles. The molecule has 0 unspecified atom stereocenters. The van der Waals surface area contributed by atoms with Gasteiger partial charge in [-0.2, -0.15) is 0 Å². The summed E-state index contributed by atoms with van der Waals surface area (Å²) >= 11 is 12.9. The molecule has 16 heteroatoms. The van der Waals surface area contributed by atoms with Gasteiger partial charge in [-0.15, -0.1) is 0 Å². The number of rotatable bonds is 10. The van der Waals surface area contributed by atoms with Crippen molar-refractivity contribution in [2.24, 2.45) is 10.9 Å². The van der Waals surface area contributed by atoms with E-state index in [0.29, 0.717) is 17.8 Å². The Morgan fingerprint density at radius 1 is 0.855 bits per heavy atom.